The highest BCUT2D eigenvalue weighted by molar-refractivity contribution is 6.50. The molecule has 0 unspecified atom stereocenters. The standard InChI is InChI=1S/C20H20Cl2N4O3/c1-10(2)13-7-12(23-26(4)20(13)29)8-14-15(21)5-11(6-16(14)22)19-17(27)9-18(28)25(3)24-19/h5-7,10H,8-9H2,1-4H3. The predicted octanol–water partition coefficient (Wildman–Crippen LogP) is 2.94. The fourth-order valence-corrected chi connectivity index (χ4v) is 3.72. The Bertz CT molecular complexity index is 1080. The van der Waals surface area contributed by atoms with Crippen molar-refractivity contribution >= 4 is 40.6 Å². The molecule has 0 atom stereocenters. The quantitative estimate of drug-likeness (QED) is 0.692. The molecule has 0 radical (unpaired) electrons. The fourth-order valence-electron chi connectivity index (χ4n) is 3.10. The van der Waals surface area contributed by atoms with Crippen LogP contribution in [0.2, 0.25) is 10.0 Å². The lowest BCUT2D eigenvalue weighted by Crippen LogP contribution is -2.35. The minimum absolute atomic E-state index is 0.0544. The summed E-state index contributed by atoms with van der Waals surface area (Å²) in [5.41, 5.74) is 2.41. The summed E-state index contributed by atoms with van der Waals surface area (Å²) >= 11 is 12.9. The van der Waals surface area contributed by atoms with E-state index < -0.39 is 0 Å². The van der Waals surface area contributed by atoms with Crippen LogP contribution in [0.15, 0.2) is 28.1 Å². The molecule has 1 aliphatic rings. The summed E-state index contributed by atoms with van der Waals surface area (Å²) in [4.78, 5) is 36.1. The molecule has 152 valence electrons. The summed E-state index contributed by atoms with van der Waals surface area (Å²) in [6, 6.07) is 4.98. The van der Waals surface area contributed by atoms with Crippen LogP contribution in [0.5, 0.6) is 0 Å². The molecule has 0 aliphatic carbocycles. The van der Waals surface area contributed by atoms with Crippen LogP contribution in [0.4, 0.5) is 0 Å². The maximum Gasteiger partial charge on any atom is 0.269 e. The van der Waals surface area contributed by atoms with Gasteiger partial charge in [0, 0.05) is 41.7 Å². The zero-order chi connectivity index (χ0) is 21.5. The van der Waals surface area contributed by atoms with Gasteiger partial charge in [-0.05, 0) is 29.7 Å². The summed E-state index contributed by atoms with van der Waals surface area (Å²) in [5.74, 6) is -0.692. The number of carbonyl (C=O) groups excluding carboxylic acids is 2. The molecular formula is C20H20Cl2N4O3. The number of ketones is 1. The largest absolute Gasteiger partial charge is 0.292 e. The minimum atomic E-state index is -0.380. The zero-order valence-corrected chi connectivity index (χ0v) is 18.0. The van der Waals surface area contributed by atoms with Gasteiger partial charge in [-0.25, -0.2) is 9.69 Å². The van der Waals surface area contributed by atoms with Gasteiger partial charge in [0.15, 0.2) is 5.78 Å². The minimum Gasteiger partial charge on any atom is -0.292 e. The van der Waals surface area contributed by atoms with Gasteiger partial charge in [-0.2, -0.15) is 10.2 Å². The summed E-state index contributed by atoms with van der Waals surface area (Å²) < 4.78 is 1.31. The number of carbonyl (C=O) groups is 2. The van der Waals surface area contributed by atoms with E-state index in [4.69, 9.17) is 23.2 Å². The third-order valence-corrected chi connectivity index (χ3v) is 5.40. The summed E-state index contributed by atoms with van der Waals surface area (Å²) in [5, 5.41) is 10.2. The van der Waals surface area contributed by atoms with Gasteiger partial charge in [0.05, 0.1) is 12.1 Å². The average molecular weight is 435 g/mol. The Balaban J connectivity index is 2.00. The van der Waals surface area contributed by atoms with E-state index in [1.54, 1.807) is 25.2 Å². The SMILES string of the molecule is CC(C)c1cc(Cc2c(Cl)cc(C3=NN(C)C(=O)CC3=O)cc2Cl)nn(C)c1=O. The summed E-state index contributed by atoms with van der Waals surface area (Å²) in [6.45, 7) is 3.89. The van der Waals surface area contributed by atoms with E-state index in [9.17, 15) is 14.4 Å². The number of hydrazone groups is 1. The first-order valence-electron chi connectivity index (χ1n) is 9.02. The van der Waals surface area contributed by atoms with E-state index >= 15 is 0 Å². The summed E-state index contributed by atoms with van der Waals surface area (Å²) in [6.07, 6.45) is 0.0802. The number of halogens is 2. The van der Waals surface area contributed by atoms with Crippen molar-refractivity contribution in [2.24, 2.45) is 12.1 Å². The van der Waals surface area contributed by atoms with Crippen molar-refractivity contribution in [3.05, 3.63) is 61.0 Å². The molecule has 0 bridgehead atoms. The molecule has 0 fully saturated rings. The Morgan fingerprint density at radius 3 is 2.28 bits per heavy atom. The number of benzene rings is 1. The lowest BCUT2D eigenvalue weighted by molar-refractivity contribution is -0.133. The van der Waals surface area contributed by atoms with Gasteiger partial charge in [-0.1, -0.05) is 37.0 Å². The van der Waals surface area contributed by atoms with Crippen molar-refractivity contribution in [3.8, 4) is 0 Å². The fraction of sp³-hybridized carbons (Fsp3) is 0.350. The maximum absolute atomic E-state index is 12.2. The zero-order valence-electron chi connectivity index (χ0n) is 16.5. The molecule has 29 heavy (non-hydrogen) atoms. The van der Waals surface area contributed by atoms with E-state index in [-0.39, 0.29) is 35.3 Å². The lowest BCUT2D eigenvalue weighted by Gasteiger charge is -2.19. The Morgan fingerprint density at radius 1 is 1.07 bits per heavy atom. The van der Waals surface area contributed by atoms with Crippen LogP contribution in [0.3, 0.4) is 0 Å². The molecule has 1 aromatic heterocycles. The van der Waals surface area contributed by atoms with E-state index in [2.05, 4.69) is 10.2 Å². The van der Waals surface area contributed by atoms with E-state index in [1.165, 1.54) is 11.7 Å². The molecule has 1 aliphatic heterocycles. The number of aryl methyl sites for hydroxylation is 1. The van der Waals surface area contributed by atoms with Gasteiger partial charge in [0.2, 0.25) is 5.91 Å². The molecule has 2 heterocycles. The molecule has 1 aromatic carbocycles. The number of hydrogen-bond acceptors (Lipinski definition) is 5. The molecule has 7 nitrogen and oxygen atoms in total. The van der Waals surface area contributed by atoms with Crippen LogP contribution in [0.25, 0.3) is 0 Å². The number of Topliss-reactive ketones (excluding diaryl/α,β-unsaturated/α-hetero) is 1. The molecule has 1 amide bonds. The molecule has 2 aromatic rings. The molecule has 0 saturated carbocycles. The van der Waals surface area contributed by atoms with E-state index in [0.29, 0.717) is 38.9 Å². The van der Waals surface area contributed by atoms with Crippen LogP contribution in [-0.4, -0.2) is 39.2 Å². The Labute approximate surface area is 177 Å². The first kappa shape index (κ1) is 21.2. The highest BCUT2D eigenvalue weighted by atomic mass is 35.5. The monoisotopic (exact) mass is 434 g/mol. The van der Waals surface area contributed by atoms with Crippen LogP contribution in [0, 0.1) is 0 Å². The van der Waals surface area contributed by atoms with Gasteiger partial charge in [0.25, 0.3) is 5.56 Å². The van der Waals surface area contributed by atoms with Gasteiger partial charge >= 0.3 is 0 Å². The number of hydrogen-bond donors (Lipinski definition) is 0. The average Bonchev–Trinajstić information content (AvgIpc) is 2.63. The van der Waals surface area contributed by atoms with Crippen LogP contribution >= 0.6 is 23.2 Å². The van der Waals surface area contributed by atoms with Crippen LogP contribution < -0.4 is 5.56 Å². The molecule has 9 heteroatoms. The van der Waals surface area contributed by atoms with Gasteiger partial charge in [-0.15, -0.1) is 0 Å². The topological polar surface area (TPSA) is 84.6 Å². The highest BCUT2D eigenvalue weighted by Gasteiger charge is 2.27. The first-order chi connectivity index (χ1) is 13.6. The van der Waals surface area contributed by atoms with E-state index in [1.807, 2.05) is 13.8 Å². The van der Waals surface area contributed by atoms with Gasteiger partial charge in [-0.3, -0.25) is 14.4 Å². The van der Waals surface area contributed by atoms with Crippen LogP contribution in [-0.2, 0) is 23.1 Å². The van der Waals surface area contributed by atoms with Crippen molar-refractivity contribution in [3.63, 3.8) is 0 Å². The van der Waals surface area contributed by atoms with Gasteiger partial charge in [0.1, 0.15) is 5.71 Å². The van der Waals surface area contributed by atoms with Crippen molar-refractivity contribution in [1.29, 1.82) is 0 Å². The second kappa shape index (κ2) is 8.08. The smallest absolute Gasteiger partial charge is 0.269 e. The lowest BCUT2D eigenvalue weighted by atomic mass is 9.99. The number of aromatic nitrogens is 2. The Hall–Kier alpha value is -2.51. The third-order valence-electron chi connectivity index (χ3n) is 4.72. The van der Waals surface area contributed by atoms with Crippen molar-refractivity contribution in [2.45, 2.75) is 32.6 Å². The van der Waals surface area contributed by atoms with Crippen molar-refractivity contribution < 1.29 is 9.59 Å². The first-order valence-corrected chi connectivity index (χ1v) is 9.77. The highest BCUT2D eigenvalue weighted by Crippen LogP contribution is 2.30. The molecular weight excluding hydrogens is 415 g/mol. The number of rotatable bonds is 4. The van der Waals surface area contributed by atoms with Gasteiger partial charge < -0.3 is 0 Å². The third kappa shape index (κ3) is 4.26. The van der Waals surface area contributed by atoms with Crippen molar-refractivity contribution in [2.75, 3.05) is 7.05 Å². The Kier molecular flexibility index (Phi) is 5.91. The predicted molar refractivity (Wildman–Crippen MR) is 112 cm³/mol. The van der Waals surface area contributed by atoms with Crippen LogP contribution in [0.1, 0.15) is 48.6 Å². The normalized spacial score (nSPS) is 14.6. The maximum atomic E-state index is 12.2. The number of nitrogens with zero attached hydrogens (tertiary/aromatic N) is 4. The number of amides is 1. The Morgan fingerprint density at radius 2 is 1.69 bits per heavy atom. The molecule has 3 rings (SSSR count). The second-order valence-corrected chi connectivity index (χ2v) is 8.05. The molecule has 0 saturated heterocycles. The molecule has 0 N–H and O–H groups in total. The van der Waals surface area contributed by atoms with E-state index in [0.717, 1.165) is 5.01 Å². The molecule has 0 spiro atoms. The summed E-state index contributed by atoms with van der Waals surface area (Å²) in [7, 11) is 3.10. The second-order valence-electron chi connectivity index (χ2n) is 7.24. The van der Waals surface area contributed by atoms with Crippen molar-refractivity contribution in [1.82, 2.24) is 14.8 Å².